The lowest BCUT2D eigenvalue weighted by atomic mass is 10.0. The van der Waals surface area contributed by atoms with Gasteiger partial charge in [-0.2, -0.15) is 0 Å². The molecule has 0 saturated heterocycles. The van der Waals surface area contributed by atoms with Gasteiger partial charge in [0.15, 0.2) is 0 Å². The van der Waals surface area contributed by atoms with Gasteiger partial charge in [0.25, 0.3) is 0 Å². The van der Waals surface area contributed by atoms with Gasteiger partial charge in [0.2, 0.25) is 5.91 Å². The SMILES string of the molecule is CC(C)[C@H](C)N(CCCN)C(=O)CN. The third kappa shape index (κ3) is 4.07. The fourth-order valence-electron chi connectivity index (χ4n) is 1.29. The summed E-state index contributed by atoms with van der Waals surface area (Å²) in [7, 11) is 0. The number of carbonyl (C=O) groups excluding carboxylic acids is 1. The van der Waals surface area contributed by atoms with Gasteiger partial charge in [0.1, 0.15) is 0 Å². The fraction of sp³-hybridized carbons (Fsp3) is 0.900. The fourth-order valence-corrected chi connectivity index (χ4v) is 1.29. The smallest absolute Gasteiger partial charge is 0.236 e. The number of carbonyl (C=O) groups is 1. The molecule has 0 fully saturated rings. The Morgan fingerprint density at radius 2 is 1.86 bits per heavy atom. The Hall–Kier alpha value is -0.610. The first-order valence-corrected chi connectivity index (χ1v) is 5.24. The zero-order valence-electron chi connectivity index (χ0n) is 9.49. The van der Waals surface area contributed by atoms with Gasteiger partial charge in [-0.05, 0) is 25.8 Å². The molecule has 0 aromatic carbocycles. The predicted octanol–water partition coefficient (Wildman–Crippen LogP) is 0.167. The highest BCUT2D eigenvalue weighted by Crippen LogP contribution is 2.10. The summed E-state index contributed by atoms with van der Waals surface area (Å²) < 4.78 is 0. The molecule has 0 aliphatic rings. The number of hydrogen-bond acceptors (Lipinski definition) is 3. The third-order valence-electron chi connectivity index (χ3n) is 2.55. The van der Waals surface area contributed by atoms with Gasteiger partial charge in [-0.25, -0.2) is 0 Å². The van der Waals surface area contributed by atoms with Crippen molar-refractivity contribution in [2.45, 2.75) is 33.2 Å². The standard InChI is InChI=1S/C10H23N3O/c1-8(2)9(3)13(6-4-5-11)10(14)7-12/h8-9H,4-7,11-12H2,1-3H3/t9-/m0/s1. The molecule has 1 atom stereocenters. The zero-order chi connectivity index (χ0) is 11.1. The molecule has 14 heavy (non-hydrogen) atoms. The molecular weight excluding hydrogens is 178 g/mol. The summed E-state index contributed by atoms with van der Waals surface area (Å²) in [6.45, 7) is 7.66. The topological polar surface area (TPSA) is 72.3 Å². The maximum Gasteiger partial charge on any atom is 0.236 e. The van der Waals surface area contributed by atoms with Crippen LogP contribution in [0.1, 0.15) is 27.2 Å². The Kier molecular flexibility index (Phi) is 6.49. The molecule has 0 radical (unpaired) electrons. The summed E-state index contributed by atoms with van der Waals surface area (Å²) >= 11 is 0. The number of nitrogens with zero attached hydrogens (tertiary/aromatic N) is 1. The second-order valence-corrected chi connectivity index (χ2v) is 3.92. The molecule has 0 aliphatic carbocycles. The zero-order valence-corrected chi connectivity index (χ0v) is 9.49. The second kappa shape index (κ2) is 6.79. The summed E-state index contributed by atoms with van der Waals surface area (Å²) in [6.07, 6.45) is 0.836. The van der Waals surface area contributed by atoms with Crippen molar-refractivity contribution in [1.82, 2.24) is 4.90 Å². The number of rotatable bonds is 6. The molecule has 4 heteroatoms. The molecule has 4 nitrogen and oxygen atoms in total. The van der Waals surface area contributed by atoms with Gasteiger partial charge in [-0.15, -0.1) is 0 Å². The molecule has 0 spiro atoms. The van der Waals surface area contributed by atoms with E-state index in [1.807, 2.05) is 4.90 Å². The number of hydrogen-bond donors (Lipinski definition) is 2. The lowest BCUT2D eigenvalue weighted by Gasteiger charge is -2.31. The summed E-state index contributed by atoms with van der Waals surface area (Å²) in [5.41, 5.74) is 10.8. The molecule has 0 aliphatic heterocycles. The average Bonchev–Trinajstić information content (AvgIpc) is 2.17. The average molecular weight is 201 g/mol. The molecule has 0 bridgehead atoms. The summed E-state index contributed by atoms with van der Waals surface area (Å²) in [5.74, 6) is 0.461. The minimum Gasteiger partial charge on any atom is -0.339 e. The van der Waals surface area contributed by atoms with E-state index in [1.54, 1.807) is 0 Å². The van der Waals surface area contributed by atoms with Crippen molar-refractivity contribution in [2.24, 2.45) is 17.4 Å². The molecular formula is C10H23N3O. The Labute approximate surface area is 86.6 Å². The number of nitrogens with two attached hydrogens (primary N) is 2. The molecule has 0 rings (SSSR count). The number of amides is 1. The van der Waals surface area contributed by atoms with E-state index in [4.69, 9.17) is 11.5 Å². The normalized spacial score (nSPS) is 13.0. The molecule has 1 amide bonds. The maximum atomic E-state index is 11.5. The Morgan fingerprint density at radius 3 is 2.21 bits per heavy atom. The van der Waals surface area contributed by atoms with Crippen molar-refractivity contribution >= 4 is 5.91 Å². The molecule has 84 valence electrons. The highest BCUT2D eigenvalue weighted by atomic mass is 16.2. The van der Waals surface area contributed by atoms with Crippen LogP contribution < -0.4 is 11.5 Å². The highest BCUT2D eigenvalue weighted by Gasteiger charge is 2.20. The first-order valence-electron chi connectivity index (χ1n) is 5.24. The third-order valence-corrected chi connectivity index (χ3v) is 2.55. The quantitative estimate of drug-likeness (QED) is 0.643. The summed E-state index contributed by atoms with van der Waals surface area (Å²) in [4.78, 5) is 13.4. The Morgan fingerprint density at radius 1 is 1.29 bits per heavy atom. The maximum absolute atomic E-state index is 11.5. The summed E-state index contributed by atoms with van der Waals surface area (Å²) in [5, 5.41) is 0. The van der Waals surface area contributed by atoms with Crippen LogP contribution in [0.25, 0.3) is 0 Å². The van der Waals surface area contributed by atoms with Crippen LogP contribution in [0.5, 0.6) is 0 Å². The summed E-state index contributed by atoms with van der Waals surface area (Å²) in [6, 6.07) is 0.234. The van der Waals surface area contributed by atoms with E-state index in [9.17, 15) is 4.79 Å². The minimum absolute atomic E-state index is 0.0136. The van der Waals surface area contributed by atoms with Gasteiger partial charge < -0.3 is 16.4 Å². The Bertz CT molecular complexity index is 171. The van der Waals surface area contributed by atoms with Crippen LogP contribution in [-0.4, -0.2) is 36.5 Å². The second-order valence-electron chi connectivity index (χ2n) is 3.92. The van der Waals surface area contributed by atoms with Crippen LogP contribution in [0.4, 0.5) is 0 Å². The van der Waals surface area contributed by atoms with E-state index in [2.05, 4.69) is 20.8 Å². The van der Waals surface area contributed by atoms with Crippen LogP contribution in [0.3, 0.4) is 0 Å². The lowest BCUT2D eigenvalue weighted by Crippen LogP contribution is -2.45. The van der Waals surface area contributed by atoms with Crippen molar-refractivity contribution < 1.29 is 4.79 Å². The van der Waals surface area contributed by atoms with Crippen molar-refractivity contribution in [3.05, 3.63) is 0 Å². The van der Waals surface area contributed by atoms with E-state index in [1.165, 1.54) is 0 Å². The first-order chi connectivity index (χ1) is 6.54. The largest absolute Gasteiger partial charge is 0.339 e. The molecule has 0 unspecified atom stereocenters. The van der Waals surface area contributed by atoms with Crippen LogP contribution in [0, 0.1) is 5.92 Å². The van der Waals surface area contributed by atoms with Crippen LogP contribution in [0.2, 0.25) is 0 Å². The monoisotopic (exact) mass is 201 g/mol. The molecule has 4 N–H and O–H groups in total. The van der Waals surface area contributed by atoms with Crippen LogP contribution in [-0.2, 0) is 4.79 Å². The van der Waals surface area contributed by atoms with Crippen molar-refractivity contribution in [3.8, 4) is 0 Å². The highest BCUT2D eigenvalue weighted by molar-refractivity contribution is 5.78. The van der Waals surface area contributed by atoms with E-state index >= 15 is 0 Å². The Balaban J connectivity index is 4.30. The predicted molar refractivity (Wildman–Crippen MR) is 58.7 cm³/mol. The molecule has 0 aromatic heterocycles. The van der Waals surface area contributed by atoms with Gasteiger partial charge in [-0.3, -0.25) is 4.79 Å². The van der Waals surface area contributed by atoms with Crippen LogP contribution in [0.15, 0.2) is 0 Å². The molecule has 0 aromatic rings. The van der Waals surface area contributed by atoms with Gasteiger partial charge >= 0.3 is 0 Å². The van der Waals surface area contributed by atoms with Crippen molar-refractivity contribution in [2.75, 3.05) is 19.6 Å². The van der Waals surface area contributed by atoms with E-state index < -0.39 is 0 Å². The van der Waals surface area contributed by atoms with E-state index in [0.717, 1.165) is 6.42 Å². The van der Waals surface area contributed by atoms with Crippen molar-refractivity contribution in [3.63, 3.8) is 0 Å². The van der Waals surface area contributed by atoms with Gasteiger partial charge in [-0.1, -0.05) is 13.8 Å². The van der Waals surface area contributed by atoms with Gasteiger partial charge in [0.05, 0.1) is 6.54 Å². The molecule has 0 saturated carbocycles. The van der Waals surface area contributed by atoms with Crippen LogP contribution >= 0.6 is 0 Å². The first kappa shape index (κ1) is 13.4. The van der Waals surface area contributed by atoms with Gasteiger partial charge in [0, 0.05) is 12.6 Å². The lowest BCUT2D eigenvalue weighted by molar-refractivity contribution is -0.132. The minimum atomic E-state index is 0.0136. The van der Waals surface area contributed by atoms with E-state index in [0.29, 0.717) is 19.0 Å². The molecule has 0 heterocycles. The van der Waals surface area contributed by atoms with E-state index in [-0.39, 0.29) is 18.5 Å². The van der Waals surface area contributed by atoms with Crippen molar-refractivity contribution in [1.29, 1.82) is 0 Å².